The van der Waals surface area contributed by atoms with Crippen molar-refractivity contribution in [1.82, 2.24) is 0 Å². The number of benzene rings is 2. The maximum atomic E-state index is 12.3. The summed E-state index contributed by atoms with van der Waals surface area (Å²) in [6.45, 7) is 2.95. The Kier molecular flexibility index (Phi) is 6.11. The van der Waals surface area contributed by atoms with Crippen molar-refractivity contribution in [1.29, 1.82) is 0 Å². The summed E-state index contributed by atoms with van der Waals surface area (Å²) in [7, 11) is 3.74. The number of anilines is 2. The Labute approximate surface area is 152 Å². The molecule has 0 unspecified atom stereocenters. The van der Waals surface area contributed by atoms with E-state index in [2.05, 4.69) is 5.32 Å². The van der Waals surface area contributed by atoms with E-state index in [0.29, 0.717) is 16.8 Å². The molecule has 0 aliphatic rings. The van der Waals surface area contributed by atoms with Crippen molar-refractivity contribution in [3.63, 3.8) is 0 Å². The number of carbonyl (C=O) groups excluding carboxylic acids is 3. The van der Waals surface area contributed by atoms with Crippen LogP contribution in [0, 0.1) is 0 Å². The van der Waals surface area contributed by atoms with Gasteiger partial charge in [-0.15, -0.1) is 0 Å². The van der Waals surface area contributed by atoms with E-state index in [9.17, 15) is 14.4 Å². The summed E-state index contributed by atoms with van der Waals surface area (Å²) in [5, 5.41) is 2.65. The molecule has 0 fully saturated rings. The average molecular weight is 354 g/mol. The van der Waals surface area contributed by atoms with Crippen LogP contribution in [0.2, 0.25) is 0 Å². The minimum atomic E-state index is -0.980. The van der Waals surface area contributed by atoms with Crippen LogP contribution >= 0.6 is 0 Å². The molecule has 6 heteroatoms. The molecule has 0 saturated heterocycles. The summed E-state index contributed by atoms with van der Waals surface area (Å²) in [6.07, 6.45) is -0.980. The summed E-state index contributed by atoms with van der Waals surface area (Å²) >= 11 is 0. The van der Waals surface area contributed by atoms with Crippen LogP contribution in [0.15, 0.2) is 48.5 Å². The lowest BCUT2D eigenvalue weighted by atomic mass is 10.1. The molecule has 0 saturated carbocycles. The Morgan fingerprint density at radius 3 is 2.31 bits per heavy atom. The minimum Gasteiger partial charge on any atom is -0.449 e. The molecule has 6 nitrogen and oxygen atoms in total. The van der Waals surface area contributed by atoms with E-state index in [1.54, 1.807) is 42.5 Å². The van der Waals surface area contributed by atoms with Crippen LogP contribution < -0.4 is 10.2 Å². The van der Waals surface area contributed by atoms with E-state index in [1.165, 1.54) is 13.8 Å². The maximum Gasteiger partial charge on any atom is 0.338 e. The monoisotopic (exact) mass is 354 g/mol. The van der Waals surface area contributed by atoms with E-state index in [1.807, 2.05) is 25.1 Å². The molecule has 136 valence electrons. The van der Waals surface area contributed by atoms with Crippen LogP contribution in [0.4, 0.5) is 11.4 Å². The first-order valence-electron chi connectivity index (χ1n) is 8.18. The number of rotatable bonds is 6. The van der Waals surface area contributed by atoms with Gasteiger partial charge in [0.2, 0.25) is 0 Å². The van der Waals surface area contributed by atoms with Crippen molar-refractivity contribution in [3.05, 3.63) is 59.7 Å². The predicted octanol–water partition coefficient (Wildman–Crippen LogP) is 3.14. The number of hydrogen-bond acceptors (Lipinski definition) is 5. The highest BCUT2D eigenvalue weighted by molar-refractivity contribution is 5.99. The van der Waals surface area contributed by atoms with Gasteiger partial charge in [-0.05, 0) is 44.2 Å². The molecule has 2 aromatic carbocycles. The smallest absolute Gasteiger partial charge is 0.338 e. The largest absolute Gasteiger partial charge is 0.449 e. The molecule has 1 atom stereocenters. The van der Waals surface area contributed by atoms with Gasteiger partial charge in [-0.25, -0.2) is 4.79 Å². The zero-order chi connectivity index (χ0) is 19.3. The number of amides is 1. The van der Waals surface area contributed by atoms with Gasteiger partial charge in [0.05, 0.1) is 5.56 Å². The lowest BCUT2D eigenvalue weighted by molar-refractivity contribution is -0.123. The molecule has 2 aromatic rings. The van der Waals surface area contributed by atoms with Crippen molar-refractivity contribution < 1.29 is 19.1 Å². The van der Waals surface area contributed by atoms with E-state index in [4.69, 9.17) is 4.74 Å². The highest BCUT2D eigenvalue weighted by Gasteiger charge is 2.19. The third-order valence-corrected chi connectivity index (χ3v) is 3.79. The highest BCUT2D eigenvalue weighted by Crippen LogP contribution is 2.16. The number of ether oxygens (including phenoxy) is 1. The van der Waals surface area contributed by atoms with Gasteiger partial charge in [0.1, 0.15) is 0 Å². The van der Waals surface area contributed by atoms with Gasteiger partial charge in [0, 0.05) is 31.0 Å². The van der Waals surface area contributed by atoms with Gasteiger partial charge >= 0.3 is 5.97 Å². The highest BCUT2D eigenvalue weighted by atomic mass is 16.5. The normalized spacial score (nSPS) is 11.4. The molecule has 1 amide bonds. The first-order valence-corrected chi connectivity index (χ1v) is 8.18. The van der Waals surface area contributed by atoms with Crippen LogP contribution in [-0.4, -0.2) is 37.9 Å². The molecule has 0 aromatic heterocycles. The van der Waals surface area contributed by atoms with Crippen molar-refractivity contribution in [2.45, 2.75) is 20.0 Å². The molecular formula is C20H22N2O4. The quantitative estimate of drug-likeness (QED) is 0.637. The van der Waals surface area contributed by atoms with Gasteiger partial charge in [-0.2, -0.15) is 0 Å². The van der Waals surface area contributed by atoms with Crippen molar-refractivity contribution >= 4 is 29.0 Å². The molecule has 1 N–H and O–H groups in total. The summed E-state index contributed by atoms with van der Waals surface area (Å²) in [6, 6.07) is 13.5. The Balaban J connectivity index is 2.02. The van der Waals surface area contributed by atoms with E-state index < -0.39 is 18.0 Å². The van der Waals surface area contributed by atoms with Crippen molar-refractivity contribution in [2.75, 3.05) is 24.3 Å². The number of ketones is 1. The Hall–Kier alpha value is -3.15. The molecular weight excluding hydrogens is 332 g/mol. The zero-order valence-corrected chi connectivity index (χ0v) is 15.3. The van der Waals surface area contributed by atoms with Gasteiger partial charge in [0.25, 0.3) is 5.91 Å². The van der Waals surface area contributed by atoms with Crippen molar-refractivity contribution in [3.8, 4) is 0 Å². The van der Waals surface area contributed by atoms with Gasteiger partial charge in [-0.3, -0.25) is 9.59 Å². The van der Waals surface area contributed by atoms with Gasteiger partial charge in [0.15, 0.2) is 11.9 Å². The maximum absolute atomic E-state index is 12.3. The van der Waals surface area contributed by atoms with Crippen LogP contribution in [0.3, 0.4) is 0 Å². The molecule has 0 aliphatic heterocycles. The number of nitrogens with one attached hydrogen (secondary N) is 1. The van der Waals surface area contributed by atoms with Crippen LogP contribution in [0.1, 0.15) is 34.6 Å². The third-order valence-electron chi connectivity index (χ3n) is 3.79. The predicted molar refractivity (Wildman–Crippen MR) is 101 cm³/mol. The number of nitrogens with zero attached hydrogens (tertiary/aromatic N) is 1. The number of carbonyl (C=O) groups is 3. The van der Waals surface area contributed by atoms with Crippen LogP contribution in [-0.2, 0) is 9.53 Å². The minimum absolute atomic E-state index is 0.0960. The lowest BCUT2D eigenvalue weighted by Gasteiger charge is -2.16. The molecule has 2 rings (SSSR count). The van der Waals surface area contributed by atoms with E-state index >= 15 is 0 Å². The second-order valence-corrected chi connectivity index (χ2v) is 6.12. The fourth-order valence-corrected chi connectivity index (χ4v) is 2.25. The average Bonchev–Trinajstić information content (AvgIpc) is 2.61. The Morgan fingerprint density at radius 1 is 1.00 bits per heavy atom. The topological polar surface area (TPSA) is 75.7 Å². The summed E-state index contributed by atoms with van der Waals surface area (Å²) < 4.78 is 5.25. The SMILES string of the molecule is CC(=O)c1cccc(NC(=O)[C@@H](C)OC(=O)c2cccc(N(C)C)c2)c1. The fraction of sp³-hybridized carbons (Fsp3) is 0.250. The fourth-order valence-electron chi connectivity index (χ4n) is 2.25. The molecule has 0 aliphatic carbocycles. The first kappa shape index (κ1) is 19.2. The van der Waals surface area contributed by atoms with Crippen LogP contribution in [0.5, 0.6) is 0 Å². The summed E-state index contributed by atoms with van der Waals surface area (Å²) in [4.78, 5) is 37.8. The number of hydrogen-bond donors (Lipinski definition) is 1. The number of Topliss-reactive ketones (excluding diaryl/α,β-unsaturated/α-hetero) is 1. The molecule has 0 spiro atoms. The van der Waals surface area contributed by atoms with Gasteiger partial charge < -0.3 is 15.0 Å². The van der Waals surface area contributed by atoms with E-state index in [-0.39, 0.29) is 5.78 Å². The molecule has 26 heavy (non-hydrogen) atoms. The third kappa shape index (κ3) is 4.92. The molecule has 0 bridgehead atoms. The zero-order valence-electron chi connectivity index (χ0n) is 15.3. The first-order chi connectivity index (χ1) is 12.3. The summed E-state index contributed by atoms with van der Waals surface area (Å²) in [5.74, 6) is -1.14. The molecule has 0 heterocycles. The summed E-state index contributed by atoms with van der Waals surface area (Å²) in [5.41, 5.74) is 2.19. The standard InChI is InChI=1S/C20H22N2O4/c1-13(23)15-7-5-9-17(11-15)21-19(24)14(2)26-20(25)16-8-6-10-18(12-16)22(3)4/h5-12,14H,1-4H3,(H,21,24)/t14-/m1/s1. The van der Waals surface area contributed by atoms with Crippen LogP contribution in [0.25, 0.3) is 0 Å². The number of esters is 1. The van der Waals surface area contributed by atoms with Crippen molar-refractivity contribution in [2.24, 2.45) is 0 Å². The second kappa shape index (κ2) is 8.29. The lowest BCUT2D eigenvalue weighted by Crippen LogP contribution is -2.30. The van der Waals surface area contributed by atoms with Gasteiger partial charge in [-0.1, -0.05) is 18.2 Å². The van der Waals surface area contributed by atoms with E-state index in [0.717, 1.165) is 5.69 Å². The second-order valence-electron chi connectivity index (χ2n) is 6.12. The Morgan fingerprint density at radius 2 is 1.65 bits per heavy atom. The Bertz CT molecular complexity index is 830. The molecule has 0 radical (unpaired) electrons.